The molecule has 1 saturated heterocycles. The predicted molar refractivity (Wildman–Crippen MR) is 128 cm³/mol. The van der Waals surface area contributed by atoms with E-state index in [0.717, 1.165) is 0 Å². The molecule has 0 radical (unpaired) electrons. The Morgan fingerprint density at radius 1 is 1.21 bits per heavy atom. The summed E-state index contributed by atoms with van der Waals surface area (Å²) >= 11 is 0. The number of nitrogens with one attached hydrogen (secondary N) is 2. The molecule has 1 fully saturated rings. The molecule has 2 heterocycles. The maximum Gasteiger partial charge on any atom is 0.227 e. The van der Waals surface area contributed by atoms with Crippen molar-refractivity contribution >= 4 is 23.2 Å². The molecule has 2 unspecified atom stereocenters. The normalized spacial score (nSPS) is 16.2. The number of nitrogens with zero attached hydrogens (tertiary/aromatic N) is 2. The SMILES string of the molecule is COc1ccc(N2CC(C(=O)NC(CC(=N)c3cccnc3)c3ccccc3O)CC2=O)cc1. The maximum atomic E-state index is 13.2. The van der Waals surface area contributed by atoms with Gasteiger partial charge in [0.25, 0.3) is 0 Å². The van der Waals surface area contributed by atoms with Crippen LogP contribution in [-0.4, -0.2) is 41.3 Å². The van der Waals surface area contributed by atoms with Gasteiger partial charge in [0, 0.05) is 54.3 Å². The van der Waals surface area contributed by atoms with Crippen LogP contribution in [0.1, 0.15) is 30.0 Å². The van der Waals surface area contributed by atoms with E-state index in [1.54, 1.807) is 85.1 Å². The first-order chi connectivity index (χ1) is 16.5. The number of amides is 2. The van der Waals surface area contributed by atoms with Crippen molar-refractivity contribution in [3.8, 4) is 11.5 Å². The Kier molecular flexibility index (Phi) is 6.87. The van der Waals surface area contributed by atoms with Gasteiger partial charge in [-0.15, -0.1) is 0 Å². The first-order valence-electron chi connectivity index (χ1n) is 11.0. The Morgan fingerprint density at radius 3 is 2.65 bits per heavy atom. The molecule has 0 aliphatic carbocycles. The fraction of sp³-hybridized carbons (Fsp3) is 0.231. The number of phenols is 1. The van der Waals surface area contributed by atoms with Crippen molar-refractivity contribution in [2.45, 2.75) is 18.9 Å². The van der Waals surface area contributed by atoms with Crippen molar-refractivity contribution in [1.29, 1.82) is 5.41 Å². The van der Waals surface area contributed by atoms with E-state index in [0.29, 0.717) is 22.6 Å². The van der Waals surface area contributed by atoms with Crippen molar-refractivity contribution in [3.05, 3.63) is 84.2 Å². The number of rotatable bonds is 8. The van der Waals surface area contributed by atoms with Crippen molar-refractivity contribution in [3.63, 3.8) is 0 Å². The highest BCUT2D eigenvalue weighted by Crippen LogP contribution is 2.30. The molecule has 34 heavy (non-hydrogen) atoms. The van der Waals surface area contributed by atoms with E-state index in [-0.39, 0.29) is 42.7 Å². The van der Waals surface area contributed by atoms with Crippen molar-refractivity contribution < 1.29 is 19.4 Å². The van der Waals surface area contributed by atoms with Crippen molar-refractivity contribution in [1.82, 2.24) is 10.3 Å². The topological polar surface area (TPSA) is 116 Å². The second kappa shape index (κ2) is 10.2. The number of carbonyl (C=O) groups is 2. The van der Waals surface area contributed by atoms with Gasteiger partial charge in [0.05, 0.1) is 19.1 Å². The number of benzene rings is 2. The van der Waals surface area contributed by atoms with E-state index in [2.05, 4.69) is 10.3 Å². The first-order valence-corrected chi connectivity index (χ1v) is 11.0. The lowest BCUT2D eigenvalue weighted by atomic mass is 9.96. The van der Waals surface area contributed by atoms with Crippen LogP contribution < -0.4 is 15.0 Å². The van der Waals surface area contributed by atoms with Crippen LogP contribution in [0.5, 0.6) is 11.5 Å². The largest absolute Gasteiger partial charge is 0.508 e. The van der Waals surface area contributed by atoms with Crippen LogP contribution in [0.25, 0.3) is 0 Å². The molecule has 8 heteroatoms. The molecule has 3 aromatic rings. The Hall–Kier alpha value is -4.20. The van der Waals surface area contributed by atoms with Gasteiger partial charge < -0.3 is 25.5 Å². The number of aromatic hydroxyl groups is 1. The van der Waals surface area contributed by atoms with Gasteiger partial charge in [0.2, 0.25) is 11.8 Å². The molecule has 1 aliphatic rings. The van der Waals surface area contributed by atoms with Gasteiger partial charge >= 0.3 is 0 Å². The third-order valence-corrected chi connectivity index (χ3v) is 5.93. The van der Waals surface area contributed by atoms with E-state index < -0.39 is 12.0 Å². The lowest BCUT2D eigenvalue weighted by molar-refractivity contribution is -0.126. The second-order valence-electron chi connectivity index (χ2n) is 8.15. The number of methoxy groups -OCH3 is 1. The van der Waals surface area contributed by atoms with Gasteiger partial charge in [0.1, 0.15) is 11.5 Å². The molecule has 2 aromatic carbocycles. The zero-order valence-corrected chi connectivity index (χ0v) is 18.8. The van der Waals surface area contributed by atoms with Gasteiger partial charge in [-0.2, -0.15) is 0 Å². The quantitative estimate of drug-likeness (QED) is 0.447. The van der Waals surface area contributed by atoms with Crippen LogP contribution in [0.15, 0.2) is 73.1 Å². The highest BCUT2D eigenvalue weighted by molar-refractivity contribution is 6.01. The molecule has 2 amide bonds. The highest BCUT2D eigenvalue weighted by Gasteiger charge is 2.36. The van der Waals surface area contributed by atoms with Gasteiger partial charge in [-0.3, -0.25) is 14.6 Å². The molecule has 8 nitrogen and oxygen atoms in total. The van der Waals surface area contributed by atoms with E-state index in [1.165, 1.54) is 0 Å². The monoisotopic (exact) mass is 458 g/mol. The standard InChI is InChI=1S/C26H26N4O4/c1-34-20-10-8-19(9-11-20)30-16-18(13-25(30)32)26(33)29-23(21-6-2-3-7-24(21)31)14-22(27)17-5-4-12-28-15-17/h2-12,15,18,23,27,31H,13-14,16H2,1H3,(H,29,33). The number of anilines is 1. The summed E-state index contributed by atoms with van der Waals surface area (Å²) in [5.41, 5.74) is 2.14. The van der Waals surface area contributed by atoms with E-state index in [4.69, 9.17) is 10.1 Å². The molecule has 2 atom stereocenters. The number of ether oxygens (including phenoxy) is 1. The van der Waals surface area contributed by atoms with Crippen LogP contribution in [0.2, 0.25) is 0 Å². The third-order valence-electron chi connectivity index (χ3n) is 5.93. The van der Waals surface area contributed by atoms with Gasteiger partial charge in [0.15, 0.2) is 0 Å². The lowest BCUT2D eigenvalue weighted by Gasteiger charge is -2.23. The summed E-state index contributed by atoms with van der Waals surface area (Å²) in [6, 6.07) is 16.8. The third kappa shape index (κ3) is 5.06. The molecule has 4 rings (SSSR count). The van der Waals surface area contributed by atoms with Crippen LogP contribution in [0, 0.1) is 11.3 Å². The zero-order valence-electron chi connectivity index (χ0n) is 18.8. The Morgan fingerprint density at radius 2 is 1.97 bits per heavy atom. The number of hydrogen-bond donors (Lipinski definition) is 3. The van der Waals surface area contributed by atoms with Crippen LogP contribution in [0.3, 0.4) is 0 Å². The Labute approximate surface area is 197 Å². The van der Waals surface area contributed by atoms with Gasteiger partial charge in [-0.25, -0.2) is 0 Å². The lowest BCUT2D eigenvalue weighted by Crippen LogP contribution is -2.36. The fourth-order valence-electron chi connectivity index (χ4n) is 4.07. The summed E-state index contributed by atoms with van der Waals surface area (Å²) in [4.78, 5) is 31.5. The van der Waals surface area contributed by atoms with Gasteiger partial charge in [-0.1, -0.05) is 24.3 Å². The first kappa shape index (κ1) is 23.0. The molecule has 0 saturated carbocycles. The average Bonchev–Trinajstić information content (AvgIpc) is 3.26. The Balaban J connectivity index is 1.50. The zero-order chi connectivity index (χ0) is 24.1. The molecule has 1 aliphatic heterocycles. The summed E-state index contributed by atoms with van der Waals surface area (Å²) in [6.07, 6.45) is 3.47. The number of carbonyl (C=O) groups excluding carboxylic acids is 2. The summed E-state index contributed by atoms with van der Waals surface area (Å²) < 4.78 is 5.17. The fourth-order valence-corrected chi connectivity index (χ4v) is 4.07. The number of pyridine rings is 1. The smallest absolute Gasteiger partial charge is 0.227 e. The van der Waals surface area contributed by atoms with Gasteiger partial charge in [-0.05, 0) is 36.4 Å². The minimum atomic E-state index is -0.633. The average molecular weight is 459 g/mol. The van der Waals surface area contributed by atoms with Crippen LogP contribution in [-0.2, 0) is 9.59 Å². The van der Waals surface area contributed by atoms with Crippen molar-refractivity contribution in [2.75, 3.05) is 18.6 Å². The molecule has 0 bridgehead atoms. The van der Waals surface area contributed by atoms with Crippen LogP contribution >= 0.6 is 0 Å². The minimum absolute atomic E-state index is 0.0362. The number of phenolic OH excluding ortho intramolecular Hbond substituents is 1. The maximum absolute atomic E-state index is 13.2. The molecule has 174 valence electrons. The molecule has 3 N–H and O–H groups in total. The predicted octanol–water partition coefficient (Wildman–Crippen LogP) is 3.46. The molecular formula is C26H26N4O4. The van der Waals surface area contributed by atoms with E-state index >= 15 is 0 Å². The summed E-state index contributed by atoms with van der Waals surface area (Å²) in [6.45, 7) is 0.255. The Bertz CT molecular complexity index is 1180. The summed E-state index contributed by atoms with van der Waals surface area (Å²) in [5, 5.41) is 21.9. The second-order valence-corrected chi connectivity index (χ2v) is 8.15. The number of aromatic nitrogens is 1. The summed E-state index contributed by atoms with van der Waals surface area (Å²) in [5.74, 6) is -0.250. The highest BCUT2D eigenvalue weighted by atomic mass is 16.5. The van der Waals surface area contributed by atoms with E-state index in [1.807, 2.05) is 0 Å². The van der Waals surface area contributed by atoms with Crippen LogP contribution in [0.4, 0.5) is 5.69 Å². The number of hydrogen-bond acceptors (Lipinski definition) is 6. The molecule has 0 spiro atoms. The summed E-state index contributed by atoms with van der Waals surface area (Å²) in [7, 11) is 1.57. The molecular weight excluding hydrogens is 432 g/mol. The minimum Gasteiger partial charge on any atom is -0.508 e. The van der Waals surface area contributed by atoms with Crippen molar-refractivity contribution in [2.24, 2.45) is 5.92 Å². The number of para-hydroxylation sites is 1. The van der Waals surface area contributed by atoms with E-state index in [9.17, 15) is 14.7 Å². The molecule has 1 aromatic heterocycles.